The van der Waals surface area contributed by atoms with Crippen molar-refractivity contribution in [1.29, 1.82) is 0 Å². The molecule has 2 heterocycles. The Labute approximate surface area is 144 Å². The molecule has 5 nitrogen and oxygen atoms in total. The van der Waals surface area contributed by atoms with Crippen LogP contribution in [0.3, 0.4) is 0 Å². The Hall–Kier alpha value is -1.26. The Balaban J connectivity index is 1.27. The van der Waals surface area contributed by atoms with Gasteiger partial charge in [0.05, 0.1) is 0 Å². The zero-order chi connectivity index (χ0) is 16.5. The predicted molar refractivity (Wildman–Crippen MR) is 92.4 cm³/mol. The molecule has 0 unspecified atom stereocenters. The van der Waals surface area contributed by atoms with Crippen molar-refractivity contribution < 1.29 is 9.59 Å². The maximum Gasteiger partial charge on any atom is 0.317 e. The van der Waals surface area contributed by atoms with Crippen molar-refractivity contribution in [3.63, 3.8) is 0 Å². The fourth-order valence-electron chi connectivity index (χ4n) is 5.80. The number of fused-ring (bicyclic) bond motifs is 2. The Kier molecular flexibility index (Phi) is 4.68. The van der Waals surface area contributed by atoms with Gasteiger partial charge in [-0.1, -0.05) is 6.42 Å². The van der Waals surface area contributed by atoms with Crippen molar-refractivity contribution in [2.45, 2.75) is 63.8 Å². The normalized spacial score (nSPS) is 38.4. The molecule has 0 radical (unpaired) electrons. The molecule has 2 aliphatic heterocycles. The second-order valence-electron chi connectivity index (χ2n) is 8.48. The summed E-state index contributed by atoms with van der Waals surface area (Å²) in [7, 11) is 0. The van der Waals surface area contributed by atoms with E-state index in [1.54, 1.807) is 0 Å². The second-order valence-corrected chi connectivity index (χ2v) is 8.48. The summed E-state index contributed by atoms with van der Waals surface area (Å²) in [5, 5.41) is 6.11. The molecule has 0 aromatic carbocycles. The van der Waals surface area contributed by atoms with Crippen LogP contribution in [-0.2, 0) is 4.79 Å². The lowest BCUT2D eigenvalue weighted by atomic mass is 9.86. The Bertz CT molecular complexity index is 495. The van der Waals surface area contributed by atoms with E-state index in [1.165, 1.54) is 32.1 Å². The number of urea groups is 1. The van der Waals surface area contributed by atoms with Gasteiger partial charge in [0.1, 0.15) is 0 Å². The number of carbonyl (C=O) groups is 2. The highest BCUT2D eigenvalue weighted by molar-refractivity contribution is 5.79. The molecule has 5 heteroatoms. The standard InChI is InChI=1S/C19H31N3O2/c23-18-11-16(12-21-18)17-3-1-2-8-22(17)19(24)20-7-6-15-10-13-4-5-14(15)9-13/h13-17H,1-12H2,(H,20,24)(H,21,23)/t13-,14-,15-,16-,17+/m0/s1. The fraction of sp³-hybridized carbons (Fsp3) is 0.895. The molecule has 4 rings (SSSR count). The number of carbonyl (C=O) groups excluding carboxylic acids is 2. The molecule has 24 heavy (non-hydrogen) atoms. The van der Waals surface area contributed by atoms with Gasteiger partial charge in [-0.3, -0.25) is 4.79 Å². The summed E-state index contributed by atoms with van der Waals surface area (Å²) in [6.45, 7) is 2.39. The molecule has 3 amide bonds. The van der Waals surface area contributed by atoms with Gasteiger partial charge < -0.3 is 15.5 Å². The molecule has 0 spiro atoms. The van der Waals surface area contributed by atoms with E-state index in [2.05, 4.69) is 10.6 Å². The van der Waals surface area contributed by atoms with Gasteiger partial charge in [0.2, 0.25) is 5.91 Å². The van der Waals surface area contributed by atoms with Crippen molar-refractivity contribution in [3.8, 4) is 0 Å². The van der Waals surface area contributed by atoms with Crippen LogP contribution in [0.15, 0.2) is 0 Å². The minimum Gasteiger partial charge on any atom is -0.356 e. The molecule has 0 aromatic rings. The van der Waals surface area contributed by atoms with Gasteiger partial charge in [0.25, 0.3) is 0 Å². The first-order valence-electron chi connectivity index (χ1n) is 10.0. The summed E-state index contributed by atoms with van der Waals surface area (Å²) in [5.74, 6) is 3.20. The van der Waals surface area contributed by atoms with Gasteiger partial charge in [-0.25, -0.2) is 4.79 Å². The number of amides is 3. The van der Waals surface area contributed by atoms with Gasteiger partial charge in [-0.15, -0.1) is 0 Å². The van der Waals surface area contributed by atoms with Crippen molar-refractivity contribution in [3.05, 3.63) is 0 Å². The summed E-state index contributed by atoms with van der Waals surface area (Å²) in [4.78, 5) is 26.2. The van der Waals surface area contributed by atoms with Gasteiger partial charge in [-0.2, -0.15) is 0 Å². The zero-order valence-electron chi connectivity index (χ0n) is 14.6. The monoisotopic (exact) mass is 333 g/mol. The van der Waals surface area contributed by atoms with Crippen LogP contribution < -0.4 is 10.6 Å². The number of hydrogen-bond donors (Lipinski definition) is 2. The number of piperidine rings is 1. The third kappa shape index (κ3) is 3.27. The lowest BCUT2D eigenvalue weighted by molar-refractivity contribution is -0.119. The highest BCUT2D eigenvalue weighted by atomic mass is 16.2. The van der Waals surface area contributed by atoms with E-state index in [1.807, 2.05) is 4.90 Å². The van der Waals surface area contributed by atoms with E-state index in [0.29, 0.717) is 12.3 Å². The minimum absolute atomic E-state index is 0.0993. The molecule has 0 aromatic heterocycles. The molecular weight excluding hydrogens is 302 g/mol. The van der Waals surface area contributed by atoms with Gasteiger partial charge in [-0.05, 0) is 62.7 Å². The molecule has 2 aliphatic carbocycles. The van der Waals surface area contributed by atoms with E-state index < -0.39 is 0 Å². The smallest absolute Gasteiger partial charge is 0.317 e. The lowest BCUT2D eigenvalue weighted by Crippen LogP contribution is -2.52. The Morgan fingerprint density at radius 1 is 1.17 bits per heavy atom. The lowest BCUT2D eigenvalue weighted by Gasteiger charge is -2.38. The number of nitrogens with one attached hydrogen (secondary N) is 2. The second kappa shape index (κ2) is 6.93. The number of rotatable bonds is 4. The molecule has 134 valence electrons. The first-order chi connectivity index (χ1) is 11.7. The summed E-state index contributed by atoms with van der Waals surface area (Å²) in [6.07, 6.45) is 10.7. The molecule has 2 saturated heterocycles. The van der Waals surface area contributed by atoms with Crippen LogP contribution >= 0.6 is 0 Å². The van der Waals surface area contributed by atoms with Crippen LogP contribution in [0.4, 0.5) is 4.79 Å². The first-order valence-corrected chi connectivity index (χ1v) is 10.0. The topological polar surface area (TPSA) is 61.4 Å². The summed E-state index contributed by atoms with van der Waals surface area (Å²) in [5.41, 5.74) is 0. The number of nitrogens with zero attached hydrogens (tertiary/aromatic N) is 1. The van der Waals surface area contributed by atoms with Crippen LogP contribution in [0, 0.1) is 23.7 Å². The average molecular weight is 333 g/mol. The van der Waals surface area contributed by atoms with Crippen LogP contribution in [-0.4, -0.2) is 42.5 Å². The van der Waals surface area contributed by atoms with Crippen molar-refractivity contribution in [1.82, 2.24) is 15.5 Å². The quantitative estimate of drug-likeness (QED) is 0.830. The van der Waals surface area contributed by atoms with Crippen LogP contribution in [0.25, 0.3) is 0 Å². The van der Waals surface area contributed by atoms with Crippen molar-refractivity contribution >= 4 is 11.9 Å². The molecule has 4 aliphatic rings. The van der Waals surface area contributed by atoms with E-state index in [9.17, 15) is 9.59 Å². The Morgan fingerprint density at radius 3 is 2.79 bits per heavy atom. The average Bonchev–Trinajstić information content (AvgIpc) is 3.31. The van der Waals surface area contributed by atoms with Crippen LogP contribution in [0.2, 0.25) is 0 Å². The van der Waals surface area contributed by atoms with Crippen LogP contribution in [0.5, 0.6) is 0 Å². The summed E-state index contributed by atoms with van der Waals surface area (Å²) < 4.78 is 0. The van der Waals surface area contributed by atoms with Crippen LogP contribution in [0.1, 0.15) is 57.8 Å². The maximum absolute atomic E-state index is 12.7. The summed E-state index contributed by atoms with van der Waals surface area (Å²) in [6, 6.07) is 0.336. The summed E-state index contributed by atoms with van der Waals surface area (Å²) >= 11 is 0. The molecule has 5 atom stereocenters. The maximum atomic E-state index is 12.7. The van der Waals surface area contributed by atoms with Gasteiger partial charge in [0.15, 0.2) is 0 Å². The van der Waals surface area contributed by atoms with E-state index in [-0.39, 0.29) is 18.0 Å². The number of hydrogen-bond acceptors (Lipinski definition) is 2. The highest BCUT2D eigenvalue weighted by Crippen LogP contribution is 2.49. The van der Waals surface area contributed by atoms with E-state index >= 15 is 0 Å². The predicted octanol–water partition coefficient (Wildman–Crippen LogP) is 2.51. The Morgan fingerprint density at radius 2 is 2.08 bits per heavy atom. The van der Waals surface area contributed by atoms with Gasteiger partial charge >= 0.3 is 6.03 Å². The molecule has 2 bridgehead atoms. The molecule has 4 fully saturated rings. The first kappa shape index (κ1) is 16.2. The SMILES string of the molecule is O=C1C[C@H]([C@H]2CCCCN2C(=O)NCC[C@H]2C[C@H]3CC[C@H]2C3)CN1. The largest absolute Gasteiger partial charge is 0.356 e. The van der Waals surface area contributed by atoms with Gasteiger partial charge in [0, 0.05) is 38.0 Å². The van der Waals surface area contributed by atoms with Crippen molar-refractivity contribution in [2.24, 2.45) is 23.7 Å². The third-order valence-electron chi connectivity index (χ3n) is 7.04. The number of likely N-dealkylation sites (tertiary alicyclic amines) is 1. The van der Waals surface area contributed by atoms with Crippen molar-refractivity contribution in [2.75, 3.05) is 19.6 Å². The molecular formula is C19H31N3O2. The van der Waals surface area contributed by atoms with E-state index in [4.69, 9.17) is 0 Å². The third-order valence-corrected chi connectivity index (χ3v) is 7.04. The zero-order valence-corrected chi connectivity index (χ0v) is 14.6. The van der Waals surface area contributed by atoms with E-state index in [0.717, 1.165) is 56.7 Å². The molecule has 2 N–H and O–H groups in total. The fourth-order valence-corrected chi connectivity index (χ4v) is 5.80. The molecule has 2 saturated carbocycles. The minimum atomic E-state index is 0.0993. The highest BCUT2D eigenvalue weighted by Gasteiger charge is 2.39.